The highest BCUT2D eigenvalue weighted by atomic mass is 35.5. The van der Waals surface area contributed by atoms with Crippen LogP contribution in [0.15, 0.2) is 0 Å². The molecular formula is C7H12ClF2NO. The Morgan fingerprint density at radius 2 is 2.25 bits per heavy atom. The molecule has 0 aromatic carbocycles. The molecule has 0 unspecified atom stereocenters. The van der Waals surface area contributed by atoms with Crippen molar-refractivity contribution in [3.63, 3.8) is 0 Å². The molecule has 1 aliphatic rings. The summed E-state index contributed by atoms with van der Waals surface area (Å²) >= 11 is 4.79. The Labute approximate surface area is 75.1 Å². The van der Waals surface area contributed by atoms with E-state index in [9.17, 15) is 8.78 Å². The maximum atomic E-state index is 12.3. The van der Waals surface area contributed by atoms with Crippen molar-refractivity contribution in [2.24, 2.45) is 5.92 Å². The molecular weight excluding hydrogens is 188 g/mol. The van der Waals surface area contributed by atoms with Crippen molar-refractivity contribution in [3.05, 3.63) is 0 Å². The van der Waals surface area contributed by atoms with E-state index in [1.807, 2.05) is 0 Å². The van der Waals surface area contributed by atoms with E-state index in [2.05, 4.69) is 0 Å². The lowest BCUT2D eigenvalue weighted by atomic mass is 10.1. The van der Waals surface area contributed by atoms with Gasteiger partial charge < -0.3 is 5.11 Å². The summed E-state index contributed by atoms with van der Waals surface area (Å²) in [6, 6.07) is 0. The van der Waals surface area contributed by atoms with Crippen molar-refractivity contribution in [2.75, 3.05) is 19.8 Å². The van der Waals surface area contributed by atoms with E-state index >= 15 is 0 Å². The van der Waals surface area contributed by atoms with Crippen molar-refractivity contribution in [1.82, 2.24) is 4.90 Å². The first kappa shape index (κ1) is 10.2. The summed E-state index contributed by atoms with van der Waals surface area (Å²) < 4.78 is 24.6. The van der Waals surface area contributed by atoms with Gasteiger partial charge in [0.25, 0.3) is 0 Å². The second-order valence-corrected chi connectivity index (χ2v) is 3.75. The van der Waals surface area contributed by atoms with Crippen LogP contribution >= 0.6 is 11.6 Å². The molecule has 0 amide bonds. The molecule has 12 heavy (non-hydrogen) atoms. The average molecular weight is 200 g/mol. The largest absolute Gasteiger partial charge is 0.381 e. The zero-order valence-corrected chi connectivity index (χ0v) is 7.40. The Hall–Kier alpha value is 0.0700. The molecule has 72 valence electrons. The van der Waals surface area contributed by atoms with E-state index in [1.54, 1.807) is 4.90 Å². The van der Waals surface area contributed by atoms with Crippen LogP contribution in [0.25, 0.3) is 0 Å². The van der Waals surface area contributed by atoms with Crippen LogP contribution in [0.5, 0.6) is 0 Å². The van der Waals surface area contributed by atoms with Crippen molar-refractivity contribution in [1.29, 1.82) is 0 Å². The highest BCUT2D eigenvalue weighted by Crippen LogP contribution is 2.31. The van der Waals surface area contributed by atoms with E-state index in [0.717, 1.165) is 0 Å². The normalized spacial score (nSPS) is 26.5. The fourth-order valence-corrected chi connectivity index (χ4v) is 1.75. The molecule has 0 bridgehead atoms. The van der Waals surface area contributed by atoms with Crippen LogP contribution in [0.2, 0.25) is 0 Å². The van der Waals surface area contributed by atoms with Gasteiger partial charge in [-0.25, -0.2) is 0 Å². The lowest BCUT2D eigenvalue weighted by Gasteiger charge is -2.14. The fraction of sp³-hybridized carbons (Fsp3) is 1.00. The van der Waals surface area contributed by atoms with E-state index in [0.29, 0.717) is 19.5 Å². The summed E-state index contributed by atoms with van der Waals surface area (Å²) in [4.78, 5) is 1.73. The molecule has 0 aromatic heterocycles. The lowest BCUT2D eigenvalue weighted by molar-refractivity contribution is 0.0629. The predicted molar refractivity (Wildman–Crippen MR) is 42.2 cm³/mol. The van der Waals surface area contributed by atoms with Gasteiger partial charge in [0, 0.05) is 19.5 Å². The third kappa shape index (κ3) is 3.21. The molecule has 0 aromatic rings. The van der Waals surface area contributed by atoms with E-state index in [1.165, 1.54) is 0 Å². The standard InChI is InChI=1S/C7H12ClF2NO/c8-7(9,10)3-6-1-2-11(4-6)5-12/h6,12H,1-5H2/t6-/m1/s1. The van der Waals surface area contributed by atoms with Gasteiger partial charge in [0.05, 0.1) is 6.73 Å². The van der Waals surface area contributed by atoms with Crippen LogP contribution in [0.1, 0.15) is 12.8 Å². The number of halogens is 3. The van der Waals surface area contributed by atoms with Gasteiger partial charge in [0.1, 0.15) is 0 Å². The van der Waals surface area contributed by atoms with Crippen molar-refractivity contribution >= 4 is 11.6 Å². The number of alkyl halides is 3. The summed E-state index contributed by atoms with van der Waals surface area (Å²) in [6.07, 6.45) is 0.411. The SMILES string of the molecule is OCN1CC[C@H](CC(F)(F)Cl)C1. The Bertz CT molecular complexity index is 151. The van der Waals surface area contributed by atoms with Crippen LogP contribution in [-0.2, 0) is 0 Å². The van der Waals surface area contributed by atoms with Gasteiger partial charge >= 0.3 is 5.38 Å². The van der Waals surface area contributed by atoms with Crippen LogP contribution < -0.4 is 0 Å². The number of hydrogen-bond acceptors (Lipinski definition) is 2. The van der Waals surface area contributed by atoms with Crippen LogP contribution in [0.3, 0.4) is 0 Å². The summed E-state index contributed by atoms with van der Waals surface area (Å²) in [7, 11) is 0. The highest BCUT2D eigenvalue weighted by Gasteiger charge is 2.33. The van der Waals surface area contributed by atoms with Gasteiger partial charge in [-0.3, -0.25) is 4.90 Å². The third-order valence-electron chi connectivity index (χ3n) is 2.09. The molecule has 1 aliphatic heterocycles. The minimum atomic E-state index is -3.09. The lowest BCUT2D eigenvalue weighted by Crippen LogP contribution is -2.23. The molecule has 1 saturated heterocycles. The zero-order chi connectivity index (χ0) is 9.19. The van der Waals surface area contributed by atoms with Gasteiger partial charge in [-0.2, -0.15) is 8.78 Å². The van der Waals surface area contributed by atoms with E-state index in [4.69, 9.17) is 16.7 Å². The van der Waals surface area contributed by atoms with E-state index < -0.39 is 5.38 Å². The summed E-state index contributed by atoms with van der Waals surface area (Å²) in [5.41, 5.74) is 0. The fourth-order valence-electron chi connectivity index (χ4n) is 1.54. The average Bonchev–Trinajstić information content (AvgIpc) is 2.32. The Balaban J connectivity index is 2.28. The number of rotatable bonds is 3. The smallest absolute Gasteiger partial charge is 0.322 e. The second kappa shape index (κ2) is 3.85. The quantitative estimate of drug-likeness (QED) is 0.696. The van der Waals surface area contributed by atoms with Crippen molar-refractivity contribution in [3.8, 4) is 0 Å². The van der Waals surface area contributed by atoms with Gasteiger partial charge in [0.2, 0.25) is 0 Å². The molecule has 0 aliphatic carbocycles. The molecule has 0 radical (unpaired) electrons. The topological polar surface area (TPSA) is 23.5 Å². The number of aliphatic hydroxyl groups excluding tert-OH is 1. The molecule has 1 N–H and O–H groups in total. The molecule has 1 rings (SSSR count). The van der Waals surface area contributed by atoms with Crippen LogP contribution in [-0.4, -0.2) is 35.2 Å². The molecule has 1 atom stereocenters. The number of aliphatic hydroxyl groups is 1. The molecule has 0 saturated carbocycles. The highest BCUT2D eigenvalue weighted by molar-refractivity contribution is 6.21. The summed E-state index contributed by atoms with van der Waals surface area (Å²) in [5.74, 6) is -0.0790. The van der Waals surface area contributed by atoms with Gasteiger partial charge in [-0.15, -0.1) is 0 Å². The van der Waals surface area contributed by atoms with Crippen LogP contribution in [0, 0.1) is 5.92 Å². The Morgan fingerprint density at radius 3 is 2.67 bits per heavy atom. The Morgan fingerprint density at radius 1 is 1.58 bits per heavy atom. The molecule has 1 fully saturated rings. The van der Waals surface area contributed by atoms with Gasteiger partial charge in [-0.1, -0.05) is 0 Å². The predicted octanol–water partition coefficient (Wildman–Crippen LogP) is 1.48. The maximum Gasteiger partial charge on any atom is 0.322 e. The minimum Gasteiger partial charge on any atom is -0.381 e. The molecule has 2 nitrogen and oxygen atoms in total. The molecule has 0 spiro atoms. The Kier molecular flexibility index (Phi) is 3.26. The number of hydrogen-bond donors (Lipinski definition) is 1. The summed E-state index contributed by atoms with van der Waals surface area (Å²) in [5, 5.41) is 5.60. The molecule has 1 heterocycles. The summed E-state index contributed by atoms with van der Waals surface area (Å²) in [6.45, 7) is 1.16. The molecule has 5 heteroatoms. The number of likely N-dealkylation sites (tertiary alicyclic amines) is 1. The van der Waals surface area contributed by atoms with Gasteiger partial charge in [-0.05, 0) is 23.9 Å². The van der Waals surface area contributed by atoms with Crippen molar-refractivity contribution in [2.45, 2.75) is 18.2 Å². The third-order valence-corrected chi connectivity index (χ3v) is 2.24. The van der Waals surface area contributed by atoms with Gasteiger partial charge in [0.15, 0.2) is 0 Å². The second-order valence-electron chi connectivity index (χ2n) is 3.19. The van der Waals surface area contributed by atoms with Crippen LogP contribution in [0.4, 0.5) is 8.78 Å². The first-order chi connectivity index (χ1) is 5.51. The number of nitrogens with zero attached hydrogens (tertiary/aromatic N) is 1. The van der Waals surface area contributed by atoms with E-state index in [-0.39, 0.29) is 19.1 Å². The first-order valence-corrected chi connectivity index (χ1v) is 4.29. The zero-order valence-electron chi connectivity index (χ0n) is 6.64. The first-order valence-electron chi connectivity index (χ1n) is 3.91. The monoisotopic (exact) mass is 199 g/mol. The maximum absolute atomic E-state index is 12.3. The minimum absolute atomic E-state index is 0.0512. The van der Waals surface area contributed by atoms with Crippen molar-refractivity contribution < 1.29 is 13.9 Å².